The van der Waals surface area contributed by atoms with E-state index in [0.29, 0.717) is 21.4 Å². The first-order chi connectivity index (χ1) is 21.5. The number of nitrogens with zero attached hydrogens (tertiary/aromatic N) is 2. The summed E-state index contributed by atoms with van der Waals surface area (Å²) in [5.74, 6) is -0.433. The van der Waals surface area contributed by atoms with Gasteiger partial charge in [-0.05, 0) is 73.5 Å². The molecule has 45 heavy (non-hydrogen) atoms. The van der Waals surface area contributed by atoms with Gasteiger partial charge in [0.1, 0.15) is 18.3 Å². The average Bonchev–Trinajstić information content (AvgIpc) is 3.03. The van der Waals surface area contributed by atoms with Crippen molar-refractivity contribution in [2.45, 2.75) is 43.8 Å². The maximum absolute atomic E-state index is 14.5. The molecule has 0 bridgehead atoms. The molecule has 8 nitrogen and oxygen atoms in total. The lowest BCUT2D eigenvalue weighted by Gasteiger charge is -2.34. The third kappa shape index (κ3) is 8.78. The van der Waals surface area contributed by atoms with Gasteiger partial charge in [0.2, 0.25) is 11.8 Å². The molecule has 0 spiro atoms. The number of carbonyl (C=O) groups is 2. The molecule has 236 valence electrons. The zero-order valence-electron chi connectivity index (χ0n) is 25.2. The molecular weight excluding hydrogens is 633 g/mol. The molecule has 0 aromatic heterocycles. The SMILES string of the molecule is COc1ccc(N(CC(=O)N(Cc2ccc(Cl)c(Cl)c2)[C@H](Cc2ccccc2)C(=O)NC(C)C)S(=O)(=O)c2ccccc2)cc1. The second-order valence-corrected chi connectivity index (χ2v) is 13.3. The largest absolute Gasteiger partial charge is 0.497 e. The first-order valence-electron chi connectivity index (χ1n) is 14.3. The number of hydrogen-bond acceptors (Lipinski definition) is 5. The lowest BCUT2D eigenvalue weighted by molar-refractivity contribution is -0.140. The van der Waals surface area contributed by atoms with Crippen LogP contribution in [0.5, 0.6) is 5.75 Å². The van der Waals surface area contributed by atoms with Gasteiger partial charge in [-0.1, -0.05) is 77.8 Å². The second-order valence-electron chi connectivity index (χ2n) is 10.7. The Balaban J connectivity index is 1.81. The number of methoxy groups -OCH3 is 1. The van der Waals surface area contributed by atoms with E-state index in [1.807, 2.05) is 44.2 Å². The molecular formula is C34H35Cl2N3O5S. The molecule has 0 heterocycles. The molecule has 4 aromatic carbocycles. The first-order valence-corrected chi connectivity index (χ1v) is 16.5. The number of halogens is 2. The van der Waals surface area contributed by atoms with Gasteiger partial charge in [0.05, 0.1) is 27.7 Å². The van der Waals surface area contributed by atoms with Crippen LogP contribution in [0.2, 0.25) is 10.0 Å². The number of sulfonamides is 1. The third-order valence-corrected chi connectivity index (χ3v) is 9.54. The topological polar surface area (TPSA) is 96.0 Å². The molecule has 0 saturated carbocycles. The predicted octanol–water partition coefficient (Wildman–Crippen LogP) is 6.36. The van der Waals surface area contributed by atoms with Gasteiger partial charge in [-0.25, -0.2) is 8.42 Å². The zero-order chi connectivity index (χ0) is 32.6. The Kier molecular flexibility index (Phi) is 11.5. The summed E-state index contributed by atoms with van der Waals surface area (Å²) in [6.45, 7) is 3.06. The van der Waals surface area contributed by atoms with Crippen LogP contribution in [0.25, 0.3) is 0 Å². The molecule has 0 aliphatic rings. The van der Waals surface area contributed by atoms with E-state index in [2.05, 4.69) is 5.32 Å². The molecule has 4 rings (SSSR count). The molecule has 4 aromatic rings. The normalized spacial score (nSPS) is 12.0. The van der Waals surface area contributed by atoms with Crippen molar-refractivity contribution < 1.29 is 22.7 Å². The van der Waals surface area contributed by atoms with Gasteiger partial charge < -0.3 is 15.0 Å². The fourth-order valence-electron chi connectivity index (χ4n) is 4.77. The maximum Gasteiger partial charge on any atom is 0.264 e. The highest BCUT2D eigenvalue weighted by atomic mass is 35.5. The number of rotatable bonds is 13. The quantitative estimate of drug-likeness (QED) is 0.179. The number of nitrogens with one attached hydrogen (secondary N) is 1. The summed E-state index contributed by atoms with van der Waals surface area (Å²) in [6.07, 6.45) is 0.195. The lowest BCUT2D eigenvalue weighted by atomic mass is 10.0. The fourth-order valence-corrected chi connectivity index (χ4v) is 6.52. The Hall–Kier alpha value is -4.05. The van der Waals surface area contributed by atoms with Crippen LogP contribution in [0, 0.1) is 0 Å². The maximum atomic E-state index is 14.5. The Bertz CT molecular complexity index is 1700. The van der Waals surface area contributed by atoms with E-state index >= 15 is 0 Å². The number of anilines is 1. The Morgan fingerprint density at radius 2 is 1.44 bits per heavy atom. The van der Waals surface area contributed by atoms with Crippen LogP contribution in [0.15, 0.2) is 108 Å². The van der Waals surface area contributed by atoms with Crippen molar-refractivity contribution in [3.63, 3.8) is 0 Å². The summed E-state index contributed by atoms with van der Waals surface area (Å²) in [7, 11) is -2.70. The summed E-state index contributed by atoms with van der Waals surface area (Å²) in [4.78, 5) is 29.6. The third-order valence-electron chi connectivity index (χ3n) is 7.01. The molecule has 0 aliphatic carbocycles. The van der Waals surface area contributed by atoms with Crippen molar-refractivity contribution in [1.82, 2.24) is 10.2 Å². The van der Waals surface area contributed by atoms with Gasteiger partial charge in [-0.3, -0.25) is 13.9 Å². The van der Waals surface area contributed by atoms with Crippen molar-refractivity contribution in [2.24, 2.45) is 0 Å². The Labute approximate surface area is 274 Å². The van der Waals surface area contributed by atoms with Crippen LogP contribution in [0.4, 0.5) is 5.69 Å². The van der Waals surface area contributed by atoms with E-state index in [1.165, 1.54) is 24.1 Å². The highest BCUT2D eigenvalue weighted by molar-refractivity contribution is 7.92. The van der Waals surface area contributed by atoms with Crippen LogP contribution in [0.1, 0.15) is 25.0 Å². The van der Waals surface area contributed by atoms with E-state index in [-0.39, 0.29) is 35.5 Å². The van der Waals surface area contributed by atoms with Gasteiger partial charge in [-0.15, -0.1) is 0 Å². The minimum atomic E-state index is -4.21. The van der Waals surface area contributed by atoms with E-state index in [0.717, 1.165) is 9.87 Å². The van der Waals surface area contributed by atoms with Crippen molar-refractivity contribution >= 4 is 50.7 Å². The zero-order valence-corrected chi connectivity index (χ0v) is 27.5. The van der Waals surface area contributed by atoms with E-state index in [1.54, 1.807) is 60.7 Å². The average molecular weight is 669 g/mol. The minimum Gasteiger partial charge on any atom is -0.497 e. The number of benzene rings is 4. The number of amides is 2. The summed E-state index contributed by atoms with van der Waals surface area (Å²) in [5.41, 5.74) is 1.71. The standard InChI is InChI=1S/C34H35Cl2N3O5S/c1-24(2)37-34(41)32(21-25-10-6-4-7-11-25)38(22-26-14-19-30(35)31(36)20-26)33(40)23-39(27-15-17-28(44-3)18-16-27)45(42,43)29-12-8-5-9-13-29/h4-20,24,32H,21-23H2,1-3H3,(H,37,41)/t32-/m1/s1. The highest BCUT2D eigenvalue weighted by Crippen LogP contribution is 2.28. The molecule has 1 atom stereocenters. The van der Waals surface area contributed by atoms with Crippen LogP contribution in [-0.4, -0.2) is 50.9 Å². The monoisotopic (exact) mass is 667 g/mol. The molecule has 0 radical (unpaired) electrons. The molecule has 0 saturated heterocycles. The van der Waals surface area contributed by atoms with Crippen LogP contribution < -0.4 is 14.4 Å². The van der Waals surface area contributed by atoms with Crippen molar-refractivity contribution in [1.29, 1.82) is 0 Å². The van der Waals surface area contributed by atoms with Gasteiger partial charge >= 0.3 is 0 Å². The highest BCUT2D eigenvalue weighted by Gasteiger charge is 2.35. The molecule has 0 unspecified atom stereocenters. The summed E-state index contributed by atoms with van der Waals surface area (Å²) in [5, 5.41) is 3.57. The molecule has 0 fully saturated rings. The molecule has 2 amide bonds. The van der Waals surface area contributed by atoms with Crippen molar-refractivity contribution in [3.05, 3.63) is 124 Å². The summed E-state index contributed by atoms with van der Waals surface area (Å²) < 4.78 is 34.4. The minimum absolute atomic E-state index is 0.0167. The first kappa shape index (κ1) is 33.8. The number of ether oxygens (including phenoxy) is 1. The van der Waals surface area contributed by atoms with Crippen LogP contribution in [-0.2, 0) is 32.6 Å². The smallest absolute Gasteiger partial charge is 0.264 e. The number of hydrogen-bond donors (Lipinski definition) is 1. The lowest BCUT2D eigenvalue weighted by Crippen LogP contribution is -2.54. The molecule has 0 aliphatic heterocycles. The Morgan fingerprint density at radius 3 is 2.02 bits per heavy atom. The predicted molar refractivity (Wildman–Crippen MR) is 178 cm³/mol. The second kappa shape index (κ2) is 15.3. The molecule has 11 heteroatoms. The van der Waals surface area contributed by atoms with Crippen molar-refractivity contribution in [3.8, 4) is 5.75 Å². The molecule has 1 N–H and O–H groups in total. The summed E-state index contributed by atoms with van der Waals surface area (Å²) >= 11 is 12.5. The van der Waals surface area contributed by atoms with E-state index in [9.17, 15) is 18.0 Å². The fraction of sp³-hybridized carbons (Fsp3) is 0.235. The van der Waals surface area contributed by atoms with Gasteiger partial charge in [0.25, 0.3) is 10.0 Å². The number of carbonyl (C=O) groups excluding carboxylic acids is 2. The summed E-state index contributed by atoms with van der Waals surface area (Å²) in [6, 6.07) is 27.4. The van der Waals surface area contributed by atoms with Gasteiger partial charge in [0.15, 0.2) is 0 Å². The van der Waals surface area contributed by atoms with E-state index in [4.69, 9.17) is 27.9 Å². The van der Waals surface area contributed by atoms with E-state index < -0.39 is 28.5 Å². The van der Waals surface area contributed by atoms with Gasteiger partial charge in [-0.2, -0.15) is 0 Å². The van der Waals surface area contributed by atoms with Crippen LogP contribution in [0.3, 0.4) is 0 Å². The Morgan fingerprint density at radius 1 is 0.822 bits per heavy atom. The van der Waals surface area contributed by atoms with Gasteiger partial charge in [0, 0.05) is 19.0 Å². The van der Waals surface area contributed by atoms with Crippen LogP contribution >= 0.6 is 23.2 Å². The van der Waals surface area contributed by atoms with Crippen molar-refractivity contribution in [2.75, 3.05) is 18.0 Å².